The second-order valence-electron chi connectivity index (χ2n) is 8.12. The van der Waals surface area contributed by atoms with Crippen LogP contribution in [0.3, 0.4) is 0 Å². The second-order valence-corrected chi connectivity index (χ2v) is 9.50. The molecule has 0 amide bonds. The normalized spacial score (nSPS) is 16.6. The minimum atomic E-state index is -5.08. The number of thioether (sulfide) groups is 1. The van der Waals surface area contributed by atoms with Crippen LogP contribution < -0.4 is 10.1 Å². The van der Waals surface area contributed by atoms with Crippen molar-refractivity contribution in [1.82, 2.24) is 35.3 Å². The first kappa shape index (κ1) is 28.8. The smallest absolute Gasteiger partial charge is 0.490 e. The van der Waals surface area contributed by atoms with E-state index in [1.165, 1.54) is 17.3 Å². The van der Waals surface area contributed by atoms with Crippen LogP contribution in [0.25, 0.3) is 6.08 Å². The van der Waals surface area contributed by atoms with E-state index in [9.17, 15) is 18.0 Å². The number of nitrogens with one attached hydrogen (secondary N) is 1. The van der Waals surface area contributed by atoms with Gasteiger partial charge in [-0.25, -0.2) is 9.48 Å². The van der Waals surface area contributed by atoms with E-state index in [-0.39, 0.29) is 10.4 Å². The average molecular weight is 554 g/mol. The molecule has 0 aliphatic carbocycles. The molecule has 15 heteroatoms. The minimum absolute atomic E-state index is 0.145. The third kappa shape index (κ3) is 8.69. The van der Waals surface area contributed by atoms with Gasteiger partial charge in [0.1, 0.15) is 12.3 Å². The maximum Gasteiger partial charge on any atom is 0.490 e. The number of carboxylic acids is 1. The summed E-state index contributed by atoms with van der Waals surface area (Å²) in [6.45, 7) is 4.36. The zero-order valence-corrected chi connectivity index (χ0v) is 21.4. The first-order chi connectivity index (χ1) is 18.0. The summed E-state index contributed by atoms with van der Waals surface area (Å²) >= 11 is 1.40. The Morgan fingerprint density at radius 3 is 2.58 bits per heavy atom. The van der Waals surface area contributed by atoms with E-state index in [2.05, 4.69) is 32.0 Å². The van der Waals surface area contributed by atoms with Gasteiger partial charge in [0, 0.05) is 24.9 Å². The molecule has 0 radical (unpaired) electrons. The number of halogens is 3. The van der Waals surface area contributed by atoms with E-state index >= 15 is 0 Å². The number of tetrazole rings is 1. The number of benzene rings is 1. The summed E-state index contributed by atoms with van der Waals surface area (Å²) < 4.78 is 40.5. The lowest BCUT2D eigenvalue weighted by Crippen LogP contribution is -2.32. The number of alkyl halides is 3. The van der Waals surface area contributed by atoms with Gasteiger partial charge in [0.2, 0.25) is 0 Å². The Hall–Kier alpha value is -3.72. The van der Waals surface area contributed by atoms with E-state index in [0.29, 0.717) is 13.1 Å². The van der Waals surface area contributed by atoms with Crippen LogP contribution in [0.4, 0.5) is 13.2 Å². The van der Waals surface area contributed by atoms with Gasteiger partial charge >= 0.3 is 12.1 Å². The third-order valence-electron chi connectivity index (χ3n) is 5.27. The highest BCUT2D eigenvalue weighted by molar-refractivity contribution is 8.14. The number of aliphatic carboxylic acids is 1. The molecule has 0 saturated carbocycles. The number of aromatic nitrogens is 6. The molecule has 1 aliphatic rings. The summed E-state index contributed by atoms with van der Waals surface area (Å²) in [6, 6.07) is 9.80. The minimum Gasteiger partial charge on any atom is -0.497 e. The predicted molar refractivity (Wildman–Crippen MR) is 132 cm³/mol. The summed E-state index contributed by atoms with van der Waals surface area (Å²) in [5.41, 5.74) is 3.14. The number of hydrogen-bond donors (Lipinski definition) is 2. The SMILES string of the molecule is COc1ccc(Cn2nnnc2Cn2ccc(C=C3CNCCC3SC(C)=O)n2)cc1.O=C(O)C(F)(F)F. The molecule has 204 valence electrons. The highest BCUT2D eigenvalue weighted by Crippen LogP contribution is 2.26. The quantitative estimate of drug-likeness (QED) is 0.449. The zero-order valence-electron chi connectivity index (χ0n) is 20.6. The van der Waals surface area contributed by atoms with Gasteiger partial charge in [-0.2, -0.15) is 18.3 Å². The van der Waals surface area contributed by atoms with E-state index in [1.807, 2.05) is 41.2 Å². The summed E-state index contributed by atoms with van der Waals surface area (Å²) in [4.78, 5) is 20.5. The van der Waals surface area contributed by atoms with E-state index < -0.39 is 12.1 Å². The van der Waals surface area contributed by atoms with Crippen molar-refractivity contribution in [1.29, 1.82) is 0 Å². The lowest BCUT2D eigenvalue weighted by molar-refractivity contribution is -0.192. The fourth-order valence-corrected chi connectivity index (χ4v) is 4.42. The molecule has 1 saturated heterocycles. The Morgan fingerprint density at radius 2 is 1.95 bits per heavy atom. The van der Waals surface area contributed by atoms with Crippen molar-refractivity contribution in [3.8, 4) is 5.75 Å². The first-order valence-electron chi connectivity index (χ1n) is 11.3. The molecule has 1 unspecified atom stereocenters. The Labute approximate surface area is 220 Å². The predicted octanol–water partition coefficient (Wildman–Crippen LogP) is 2.63. The number of hydrogen-bond acceptors (Lipinski definition) is 9. The summed E-state index contributed by atoms with van der Waals surface area (Å²) in [6.07, 6.45) is -0.150. The van der Waals surface area contributed by atoms with Crippen molar-refractivity contribution in [2.45, 2.75) is 37.9 Å². The Bertz CT molecular complexity index is 1260. The largest absolute Gasteiger partial charge is 0.497 e. The van der Waals surface area contributed by atoms with Crippen molar-refractivity contribution >= 4 is 28.9 Å². The molecule has 1 aliphatic heterocycles. The van der Waals surface area contributed by atoms with E-state index in [1.54, 1.807) is 18.7 Å². The van der Waals surface area contributed by atoms with Gasteiger partial charge in [-0.3, -0.25) is 9.48 Å². The fourth-order valence-electron chi connectivity index (χ4n) is 3.48. The van der Waals surface area contributed by atoms with Crippen LogP contribution in [-0.2, 0) is 22.7 Å². The van der Waals surface area contributed by atoms with Crippen molar-refractivity contribution in [2.75, 3.05) is 20.2 Å². The highest BCUT2D eigenvalue weighted by Gasteiger charge is 2.38. The van der Waals surface area contributed by atoms with Gasteiger partial charge in [-0.15, -0.1) is 5.10 Å². The third-order valence-corrected chi connectivity index (χ3v) is 6.43. The molecule has 11 nitrogen and oxygen atoms in total. The molecule has 38 heavy (non-hydrogen) atoms. The monoisotopic (exact) mass is 553 g/mol. The molecular formula is C23H26F3N7O4S. The first-order valence-corrected chi connectivity index (χ1v) is 12.2. The zero-order chi connectivity index (χ0) is 27.7. The highest BCUT2D eigenvalue weighted by atomic mass is 32.2. The lowest BCUT2D eigenvalue weighted by Gasteiger charge is -2.24. The van der Waals surface area contributed by atoms with Gasteiger partial charge in [0.15, 0.2) is 10.9 Å². The molecule has 1 atom stereocenters. The molecule has 1 aromatic carbocycles. The van der Waals surface area contributed by atoms with Crippen molar-refractivity contribution < 1.29 is 32.6 Å². The maximum atomic E-state index is 11.6. The number of methoxy groups -OCH3 is 1. The van der Waals surface area contributed by atoms with Crippen molar-refractivity contribution in [2.24, 2.45) is 0 Å². The number of carbonyl (C=O) groups excluding carboxylic acids is 1. The van der Waals surface area contributed by atoms with Crippen LogP contribution in [0.5, 0.6) is 5.75 Å². The van der Waals surface area contributed by atoms with Gasteiger partial charge in [-0.1, -0.05) is 23.9 Å². The van der Waals surface area contributed by atoms with E-state index in [4.69, 9.17) is 14.6 Å². The number of rotatable bonds is 7. The van der Waals surface area contributed by atoms with E-state index in [0.717, 1.165) is 42.3 Å². The van der Waals surface area contributed by atoms with Gasteiger partial charge < -0.3 is 15.2 Å². The topological polar surface area (TPSA) is 137 Å². The molecule has 0 bridgehead atoms. The van der Waals surface area contributed by atoms with Crippen LogP contribution in [0.1, 0.15) is 30.4 Å². The van der Waals surface area contributed by atoms with Gasteiger partial charge in [0.25, 0.3) is 0 Å². The van der Waals surface area contributed by atoms with Crippen molar-refractivity contribution in [3.63, 3.8) is 0 Å². The van der Waals surface area contributed by atoms with Gasteiger partial charge in [-0.05, 0) is 58.8 Å². The number of ether oxygens (including phenoxy) is 1. The van der Waals surface area contributed by atoms with Gasteiger partial charge in [0.05, 0.1) is 19.3 Å². The number of carboxylic acid groups (broad SMARTS) is 1. The molecular weight excluding hydrogens is 527 g/mol. The Morgan fingerprint density at radius 1 is 1.24 bits per heavy atom. The summed E-state index contributed by atoms with van der Waals surface area (Å²) in [5.74, 6) is -1.22. The summed E-state index contributed by atoms with van der Waals surface area (Å²) in [7, 11) is 1.65. The summed E-state index contributed by atoms with van der Waals surface area (Å²) in [5, 5.41) is 27.6. The number of nitrogens with zero attached hydrogens (tertiary/aromatic N) is 6. The molecule has 4 rings (SSSR count). The van der Waals surface area contributed by atoms with Crippen LogP contribution in [0.15, 0.2) is 42.1 Å². The fraction of sp³-hybridized carbons (Fsp3) is 0.391. The standard InChI is InChI=1S/C21H25N7O2S.C2HF3O2/c1-15(29)31-20-7-9-22-12-17(20)11-18-8-10-27(24-18)14-21-23-25-26-28(21)13-16-3-5-19(30-2)6-4-16;3-2(4,5)1(6)7/h3-6,8,10-11,20,22H,7,9,12-14H2,1-2H3;(H,6,7). The van der Waals surface area contributed by atoms with Crippen molar-refractivity contribution in [3.05, 3.63) is 59.2 Å². The van der Waals surface area contributed by atoms with Crippen LogP contribution in [0.2, 0.25) is 0 Å². The molecule has 3 aromatic rings. The van der Waals surface area contributed by atoms with Crippen LogP contribution >= 0.6 is 11.8 Å². The van der Waals surface area contributed by atoms with Crippen LogP contribution in [0, 0.1) is 0 Å². The second kappa shape index (κ2) is 13.2. The van der Waals surface area contributed by atoms with Crippen LogP contribution in [-0.4, -0.2) is 77.8 Å². The Kier molecular flexibility index (Phi) is 10.0. The molecule has 2 N–H and O–H groups in total. The molecule has 0 spiro atoms. The number of piperidine rings is 1. The molecule has 1 fully saturated rings. The number of carbonyl (C=O) groups is 2. The average Bonchev–Trinajstić information content (AvgIpc) is 3.50. The Balaban J connectivity index is 0.000000505. The maximum absolute atomic E-state index is 11.6. The molecule has 2 aromatic heterocycles. The lowest BCUT2D eigenvalue weighted by atomic mass is 10.0. The molecule has 3 heterocycles.